The van der Waals surface area contributed by atoms with Crippen LogP contribution >= 0.6 is 0 Å². The van der Waals surface area contributed by atoms with Gasteiger partial charge in [0.05, 0.1) is 6.10 Å². The molecule has 31 nitrogen and oxygen atoms in total. The fraction of sp³-hybridized carbons (Fsp3) is 0.644. The fourth-order valence-electron chi connectivity index (χ4n) is 12.1. The maximum Gasteiger partial charge on any atom is 0.334 e. The number of esters is 1. The van der Waals surface area contributed by atoms with Crippen molar-refractivity contribution >= 4 is 82.9 Å². The Morgan fingerprint density at radius 2 is 1.13 bits per heavy atom. The van der Waals surface area contributed by atoms with Crippen LogP contribution < -0.4 is 64.1 Å². The first-order valence-corrected chi connectivity index (χ1v) is 36.5. The normalized spacial score (nSPS) is 21.7. The van der Waals surface area contributed by atoms with E-state index in [9.17, 15) is 87.5 Å². The van der Waals surface area contributed by atoms with E-state index in [0.717, 1.165) is 43.9 Å². The van der Waals surface area contributed by atoms with Crippen molar-refractivity contribution in [1.82, 2.24) is 52.8 Å². The molecule has 1 fully saturated rings. The number of phenolic OH excluding ortho intramolecular Hbond substituents is 1. The molecule has 0 saturated carbocycles. The number of unbranched alkanes of at least 4 members (excludes halogenated alkanes) is 8. The van der Waals surface area contributed by atoms with Gasteiger partial charge in [0, 0.05) is 45.1 Å². The van der Waals surface area contributed by atoms with Gasteiger partial charge in [-0.05, 0) is 118 Å². The molecule has 31 heteroatoms. The summed E-state index contributed by atoms with van der Waals surface area (Å²) in [5, 5.41) is 64.0. The number of nitrogens with zero attached hydrogens (tertiary/aromatic N) is 1. The van der Waals surface area contributed by atoms with Crippen LogP contribution in [-0.4, -0.2) is 188 Å². The Labute approximate surface area is 608 Å². The van der Waals surface area contributed by atoms with E-state index in [1.165, 1.54) is 74.2 Å². The number of carboxylic acid groups (broad SMARTS) is 2. The lowest BCUT2D eigenvalue weighted by Gasteiger charge is -2.32. The summed E-state index contributed by atoms with van der Waals surface area (Å²) in [5.41, 5.74) is 12.1. The third-order valence-electron chi connectivity index (χ3n) is 18.5. The zero-order valence-corrected chi connectivity index (χ0v) is 61.1. The summed E-state index contributed by atoms with van der Waals surface area (Å²) in [6.07, 6.45) is 5.18. The van der Waals surface area contributed by atoms with Gasteiger partial charge in [-0.15, -0.1) is 0 Å². The highest BCUT2D eigenvalue weighted by Gasteiger charge is 2.42. The average molecular weight is 1460 g/mol. The molecule has 3 heterocycles. The van der Waals surface area contributed by atoms with Crippen LogP contribution in [0.4, 0.5) is 0 Å². The van der Waals surface area contributed by atoms with Crippen molar-refractivity contribution in [2.24, 2.45) is 29.2 Å². The van der Waals surface area contributed by atoms with Crippen molar-refractivity contribution in [2.45, 2.75) is 269 Å². The Morgan fingerprint density at radius 3 is 1.71 bits per heavy atom. The standard InChI is InChI=1S/C73H112N12O19/c1-8-44(6)62-73(103)104-49-30-26-47(27-31-49)41-55(80-64(94)50(21-18-38-74)77-65(95)51(33-36-59(90)91)76-58(89)23-17-15-13-11-9-10-12-14-16-20-42(2)3)69(99)84-63(45(7)86)71(101)79-53(34-37-60(92)93)67(97)82-61(43(4)5)72(102)85-39-19-22-56(85)70(100)78-52(32-35-57(75)88)66(96)81-54(68(98)83-62)40-46-24-28-48(87)29-25-46/h24-31,42-45,50-56,61-63,86-87H,8-23,32-41,74H2,1-7H3,(H2,75,88)(H,76,89)(H,77,95)(H,78,100)(H,79,101)(H,80,94)(H,81,96)(H,82,97)(H,83,98)(H,84,99)(H,90,91)(H,92,93)/t44-,45+,50+,51-,52-,53-,54+,55-,56-,61+,62-,63+/m0/s1. The summed E-state index contributed by atoms with van der Waals surface area (Å²) in [7, 11) is 0. The number of ether oxygens (including phenoxy) is 1. The van der Waals surface area contributed by atoms with Gasteiger partial charge >= 0.3 is 17.9 Å². The van der Waals surface area contributed by atoms with E-state index in [2.05, 4.69) is 61.7 Å². The quantitative estimate of drug-likeness (QED) is 0.0204. The number of amides is 11. The number of aliphatic hydroxyl groups excluding tert-OH is 1. The Kier molecular flexibility index (Phi) is 37.8. The Morgan fingerprint density at radius 1 is 0.587 bits per heavy atom. The number of aliphatic hydroxyl groups is 1. The Balaban J connectivity index is 1.79. The van der Waals surface area contributed by atoms with Crippen LogP contribution in [0.3, 0.4) is 0 Å². The molecular weight excluding hydrogens is 1350 g/mol. The highest BCUT2D eigenvalue weighted by Crippen LogP contribution is 2.24. The molecule has 5 rings (SSSR count). The van der Waals surface area contributed by atoms with Gasteiger partial charge in [0.2, 0.25) is 65.0 Å². The third kappa shape index (κ3) is 30.6. The van der Waals surface area contributed by atoms with Crippen molar-refractivity contribution in [3.8, 4) is 11.5 Å². The molecule has 0 spiro atoms. The molecule has 0 aliphatic carbocycles. The monoisotopic (exact) mass is 1460 g/mol. The van der Waals surface area contributed by atoms with Crippen LogP contribution in [0.5, 0.6) is 11.5 Å². The Bertz CT molecular complexity index is 3210. The van der Waals surface area contributed by atoms with Crippen LogP contribution in [0.25, 0.3) is 0 Å². The number of phenols is 1. The second-order valence-electron chi connectivity index (χ2n) is 28.0. The average Bonchev–Trinajstić information content (AvgIpc) is 1.52. The first-order chi connectivity index (χ1) is 49.3. The van der Waals surface area contributed by atoms with Gasteiger partial charge in [-0.25, -0.2) is 4.79 Å². The van der Waals surface area contributed by atoms with E-state index in [1.54, 1.807) is 27.7 Å². The fourth-order valence-corrected chi connectivity index (χ4v) is 12.1. The van der Waals surface area contributed by atoms with Crippen molar-refractivity contribution in [3.63, 3.8) is 0 Å². The summed E-state index contributed by atoms with van der Waals surface area (Å²) in [6, 6.07) is -4.51. The molecule has 0 radical (unpaired) electrons. The van der Waals surface area contributed by atoms with Crippen molar-refractivity contribution in [2.75, 3.05) is 13.1 Å². The number of rotatable bonds is 35. The number of nitrogens with one attached hydrogen (secondary N) is 9. The zero-order chi connectivity index (χ0) is 77.2. The minimum atomic E-state index is -1.97. The molecule has 17 N–H and O–H groups in total. The van der Waals surface area contributed by atoms with E-state index in [1.807, 2.05) is 0 Å². The SMILES string of the molecule is CC[C@H](C)[C@@H]1NC(=O)[C@@H](Cc2ccc(O)cc2)NC(=O)[C@H](CCC(N)=O)NC(=O)[C@@H]2CCCN2C(=O)[C@@H](C(C)C)NC(=O)[C@H](CCC(=O)O)NC(=O)[C@@H]([C@@H](C)O)NC(=O)[C@@H](NC(=O)[C@@H](CCCN)NC(=O)[C@H](CCC(=O)O)NC(=O)CCCCCCCCCCCC(C)C)Cc2ccc(cc2)OC1=O. The lowest BCUT2D eigenvalue weighted by Crippen LogP contribution is -2.62. The summed E-state index contributed by atoms with van der Waals surface area (Å²) >= 11 is 0. The summed E-state index contributed by atoms with van der Waals surface area (Å²) < 4.78 is 5.84. The van der Waals surface area contributed by atoms with Crippen LogP contribution in [0, 0.1) is 17.8 Å². The van der Waals surface area contributed by atoms with E-state index in [-0.39, 0.29) is 81.5 Å². The number of carboxylic acids is 2. The molecular formula is C73H112N12O19. The van der Waals surface area contributed by atoms with E-state index < -0.39 is 193 Å². The minimum absolute atomic E-state index is 0.00606. The molecule has 3 aliphatic heterocycles. The predicted molar refractivity (Wildman–Crippen MR) is 382 cm³/mol. The molecule has 1 saturated heterocycles. The lowest BCUT2D eigenvalue weighted by molar-refractivity contribution is -0.144. The third-order valence-corrected chi connectivity index (χ3v) is 18.5. The van der Waals surface area contributed by atoms with Crippen molar-refractivity contribution < 1.29 is 92.3 Å². The van der Waals surface area contributed by atoms with E-state index >= 15 is 0 Å². The summed E-state index contributed by atoms with van der Waals surface area (Å²) in [6.45, 7) is 12.0. The number of aliphatic carboxylic acids is 2. The lowest BCUT2D eigenvalue weighted by atomic mass is 9.97. The van der Waals surface area contributed by atoms with Crippen LogP contribution in [0.15, 0.2) is 48.5 Å². The first-order valence-electron chi connectivity index (χ1n) is 36.5. The number of aromatic hydroxyl groups is 1. The van der Waals surface area contributed by atoms with Gasteiger partial charge in [0.15, 0.2) is 0 Å². The second-order valence-corrected chi connectivity index (χ2v) is 28.0. The van der Waals surface area contributed by atoms with Crippen LogP contribution in [-0.2, 0) is 80.0 Å². The van der Waals surface area contributed by atoms with E-state index in [4.69, 9.17) is 16.2 Å². The molecule has 12 atom stereocenters. The van der Waals surface area contributed by atoms with Crippen LogP contribution in [0.1, 0.15) is 201 Å². The minimum Gasteiger partial charge on any atom is -0.508 e. The molecule has 0 unspecified atom stereocenters. The molecule has 3 aliphatic rings. The van der Waals surface area contributed by atoms with Gasteiger partial charge in [-0.1, -0.05) is 130 Å². The molecule has 2 bridgehead atoms. The first kappa shape index (κ1) is 87.1. The molecule has 578 valence electrons. The van der Waals surface area contributed by atoms with Gasteiger partial charge in [0.25, 0.3) is 0 Å². The van der Waals surface area contributed by atoms with Crippen molar-refractivity contribution in [3.05, 3.63) is 59.7 Å². The highest BCUT2D eigenvalue weighted by molar-refractivity contribution is 6.00. The zero-order valence-electron chi connectivity index (χ0n) is 61.1. The number of nitrogens with two attached hydrogens (primary N) is 2. The highest BCUT2D eigenvalue weighted by atomic mass is 16.5. The smallest absolute Gasteiger partial charge is 0.334 e. The molecule has 11 amide bonds. The molecule has 2 aromatic carbocycles. The summed E-state index contributed by atoms with van der Waals surface area (Å²) in [5.74, 6) is -14.9. The predicted octanol–water partition coefficient (Wildman–Crippen LogP) is 2.21. The van der Waals surface area contributed by atoms with Gasteiger partial charge in [0.1, 0.15) is 71.9 Å². The van der Waals surface area contributed by atoms with Gasteiger partial charge in [-0.2, -0.15) is 0 Å². The van der Waals surface area contributed by atoms with Crippen LogP contribution in [0.2, 0.25) is 0 Å². The van der Waals surface area contributed by atoms with Crippen molar-refractivity contribution in [1.29, 1.82) is 0 Å². The molecule has 0 aromatic heterocycles. The number of carbonyl (C=O) groups is 14. The number of fused-ring (bicyclic) bond motifs is 23. The Hall–Kier alpha value is -9.26. The van der Waals surface area contributed by atoms with E-state index in [0.29, 0.717) is 24.3 Å². The number of hydrogen-bond acceptors (Lipinski definition) is 18. The van der Waals surface area contributed by atoms with Gasteiger partial charge < -0.3 is 89.4 Å². The molecule has 104 heavy (non-hydrogen) atoms. The number of hydrogen-bond donors (Lipinski definition) is 15. The number of primary amides is 1. The summed E-state index contributed by atoms with van der Waals surface area (Å²) in [4.78, 5) is 196. The topological polar surface area (TPSA) is 493 Å². The maximum atomic E-state index is 14.9. The largest absolute Gasteiger partial charge is 0.508 e. The number of benzene rings is 2. The maximum absolute atomic E-state index is 14.9. The molecule has 2 aromatic rings. The number of carbonyl (C=O) groups excluding carboxylic acids is 12. The van der Waals surface area contributed by atoms with Gasteiger partial charge in [-0.3, -0.25) is 62.3 Å². The second kappa shape index (κ2) is 45.1.